The molecule has 0 unspecified atom stereocenters. The third-order valence-corrected chi connectivity index (χ3v) is 5.10. The van der Waals surface area contributed by atoms with Crippen LogP contribution in [0.2, 0.25) is 5.02 Å². The van der Waals surface area contributed by atoms with Gasteiger partial charge in [0.25, 0.3) is 5.91 Å². The molecule has 4 nitrogen and oxygen atoms in total. The molecule has 1 heterocycles. The molecule has 0 radical (unpaired) electrons. The van der Waals surface area contributed by atoms with Crippen molar-refractivity contribution in [1.82, 2.24) is 9.78 Å². The normalized spacial score (nSPS) is 12.9. The number of hydrogen-bond acceptors (Lipinski definition) is 2. The van der Waals surface area contributed by atoms with Gasteiger partial charge in [0.15, 0.2) is 5.69 Å². The first kappa shape index (κ1) is 16.9. The summed E-state index contributed by atoms with van der Waals surface area (Å²) in [4.78, 5) is 12.9. The highest BCUT2D eigenvalue weighted by Gasteiger charge is 2.27. The number of carbonyl (C=O) groups is 1. The summed E-state index contributed by atoms with van der Waals surface area (Å²) in [6.45, 7) is 3.99. The number of hydrogen-bond donors (Lipinski definition) is 1. The lowest BCUT2D eigenvalue weighted by Gasteiger charge is -2.08. The van der Waals surface area contributed by atoms with E-state index >= 15 is 0 Å². The number of nitrogens with one attached hydrogen (secondary N) is 1. The van der Waals surface area contributed by atoms with Crippen molar-refractivity contribution in [3.63, 3.8) is 0 Å². The van der Waals surface area contributed by atoms with E-state index in [4.69, 9.17) is 11.6 Å². The van der Waals surface area contributed by atoms with Crippen molar-refractivity contribution in [3.8, 4) is 5.69 Å². The van der Waals surface area contributed by atoms with Gasteiger partial charge >= 0.3 is 0 Å². The molecule has 0 bridgehead atoms. The Hall–Kier alpha value is -2.59. The molecule has 0 fully saturated rings. The van der Waals surface area contributed by atoms with Crippen molar-refractivity contribution in [2.45, 2.75) is 33.1 Å². The first-order valence-electron chi connectivity index (χ1n) is 8.78. The number of anilines is 1. The summed E-state index contributed by atoms with van der Waals surface area (Å²) in [7, 11) is 0. The molecule has 0 atom stereocenters. The fourth-order valence-corrected chi connectivity index (χ4v) is 3.69. The van der Waals surface area contributed by atoms with E-state index < -0.39 is 0 Å². The standard InChI is InChI=1S/C21H20ClN3O/c1-13-6-9-16(10-7-13)25-19-5-3-4-17(19)20(24-25)21(26)23-18-11-8-15(22)12-14(18)2/h6-12H,3-5H2,1-2H3,(H,23,26). The van der Waals surface area contributed by atoms with Crippen molar-refractivity contribution in [2.24, 2.45) is 0 Å². The monoisotopic (exact) mass is 365 g/mol. The van der Waals surface area contributed by atoms with Crippen LogP contribution in [-0.4, -0.2) is 15.7 Å². The highest BCUT2D eigenvalue weighted by Crippen LogP contribution is 2.29. The molecule has 132 valence electrons. The molecule has 1 aliphatic rings. The molecule has 26 heavy (non-hydrogen) atoms. The van der Waals surface area contributed by atoms with Crippen LogP contribution in [-0.2, 0) is 12.8 Å². The van der Waals surface area contributed by atoms with Crippen LogP contribution in [0.4, 0.5) is 5.69 Å². The van der Waals surface area contributed by atoms with Gasteiger partial charge in [-0.2, -0.15) is 5.10 Å². The van der Waals surface area contributed by atoms with E-state index in [1.165, 1.54) is 5.56 Å². The third-order valence-electron chi connectivity index (χ3n) is 4.86. The summed E-state index contributed by atoms with van der Waals surface area (Å²) < 4.78 is 1.92. The lowest BCUT2D eigenvalue weighted by Crippen LogP contribution is -2.15. The van der Waals surface area contributed by atoms with Crippen molar-refractivity contribution in [1.29, 1.82) is 0 Å². The van der Waals surface area contributed by atoms with E-state index in [9.17, 15) is 4.79 Å². The average molecular weight is 366 g/mol. The molecule has 2 aromatic carbocycles. The maximum absolute atomic E-state index is 12.9. The number of amides is 1. The molecule has 1 N–H and O–H groups in total. The molecule has 0 aliphatic heterocycles. The van der Waals surface area contributed by atoms with Crippen LogP contribution in [0.3, 0.4) is 0 Å². The Morgan fingerprint density at radius 3 is 2.62 bits per heavy atom. The highest BCUT2D eigenvalue weighted by atomic mass is 35.5. The molecular weight excluding hydrogens is 346 g/mol. The van der Waals surface area contributed by atoms with Crippen LogP contribution in [0.5, 0.6) is 0 Å². The Morgan fingerprint density at radius 1 is 1.12 bits per heavy atom. The van der Waals surface area contributed by atoms with Gasteiger partial charge in [0.05, 0.1) is 5.69 Å². The average Bonchev–Trinajstić information content (AvgIpc) is 3.20. The van der Waals surface area contributed by atoms with Crippen molar-refractivity contribution in [2.75, 3.05) is 5.32 Å². The smallest absolute Gasteiger partial charge is 0.276 e. The summed E-state index contributed by atoms with van der Waals surface area (Å²) >= 11 is 6.00. The van der Waals surface area contributed by atoms with Crippen LogP contribution >= 0.6 is 11.6 Å². The summed E-state index contributed by atoms with van der Waals surface area (Å²) in [5.74, 6) is -0.167. The molecule has 5 heteroatoms. The first-order valence-corrected chi connectivity index (χ1v) is 9.16. The fourth-order valence-electron chi connectivity index (χ4n) is 3.47. The van der Waals surface area contributed by atoms with Gasteiger partial charge in [0, 0.05) is 22.0 Å². The van der Waals surface area contributed by atoms with Crippen LogP contribution in [0.25, 0.3) is 5.69 Å². The van der Waals surface area contributed by atoms with Crippen LogP contribution < -0.4 is 5.32 Å². The van der Waals surface area contributed by atoms with Crippen LogP contribution in [0.1, 0.15) is 39.3 Å². The second-order valence-electron chi connectivity index (χ2n) is 6.79. The van der Waals surface area contributed by atoms with Gasteiger partial charge in [-0.15, -0.1) is 0 Å². The van der Waals surface area contributed by atoms with Gasteiger partial charge < -0.3 is 5.32 Å². The Balaban J connectivity index is 1.69. The predicted octanol–water partition coefficient (Wildman–Crippen LogP) is 4.88. The Labute approximate surface area is 157 Å². The van der Waals surface area contributed by atoms with Crippen molar-refractivity contribution >= 4 is 23.2 Å². The van der Waals surface area contributed by atoms with E-state index in [1.54, 1.807) is 6.07 Å². The molecule has 0 spiro atoms. The molecule has 0 saturated heterocycles. The minimum absolute atomic E-state index is 0.167. The zero-order chi connectivity index (χ0) is 18.3. The van der Waals surface area contributed by atoms with Crippen molar-refractivity contribution in [3.05, 3.63) is 75.6 Å². The SMILES string of the molecule is Cc1ccc(-n2nc(C(=O)Nc3ccc(Cl)cc3C)c3c2CCC3)cc1. The number of nitrogens with zero attached hydrogens (tertiary/aromatic N) is 2. The molecular formula is C21H20ClN3O. The molecule has 1 aliphatic carbocycles. The minimum Gasteiger partial charge on any atom is -0.320 e. The maximum atomic E-state index is 12.9. The van der Waals surface area contributed by atoms with Crippen LogP contribution in [0, 0.1) is 13.8 Å². The highest BCUT2D eigenvalue weighted by molar-refractivity contribution is 6.30. The van der Waals surface area contributed by atoms with Crippen molar-refractivity contribution < 1.29 is 4.79 Å². The minimum atomic E-state index is -0.167. The van der Waals surface area contributed by atoms with E-state index in [0.29, 0.717) is 10.7 Å². The quantitative estimate of drug-likeness (QED) is 0.718. The largest absolute Gasteiger partial charge is 0.320 e. The van der Waals surface area contributed by atoms with E-state index in [1.807, 2.05) is 35.9 Å². The number of aryl methyl sites for hydroxylation is 2. The van der Waals surface area contributed by atoms with Gasteiger partial charge in [-0.25, -0.2) is 4.68 Å². The van der Waals surface area contributed by atoms with E-state index in [-0.39, 0.29) is 5.91 Å². The van der Waals surface area contributed by atoms with Gasteiger partial charge in [-0.1, -0.05) is 29.3 Å². The van der Waals surface area contributed by atoms with Gasteiger partial charge in [0.1, 0.15) is 0 Å². The maximum Gasteiger partial charge on any atom is 0.276 e. The number of benzene rings is 2. The Kier molecular flexibility index (Phi) is 4.29. The molecule has 4 rings (SSSR count). The van der Waals surface area contributed by atoms with Gasteiger partial charge in [-0.05, 0) is 69.0 Å². The van der Waals surface area contributed by atoms with E-state index in [0.717, 1.165) is 47.5 Å². The second kappa shape index (κ2) is 6.61. The zero-order valence-corrected chi connectivity index (χ0v) is 15.6. The summed E-state index contributed by atoms with van der Waals surface area (Å²) in [6.07, 6.45) is 2.90. The Bertz CT molecular complexity index is 989. The zero-order valence-electron chi connectivity index (χ0n) is 14.8. The van der Waals surface area contributed by atoms with Gasteiger partial charge in [-0.3, -0.25) is 4.79 Å². The number of rotatable bonds is 3. The number of fused-ring (bicyclic) bond motifs is 1. The number of halogens is 1. The topological polar surface area (TPSA) is 46.9 Å². The summed E-state index contributed by atoms with van der Waals surface area (Å²) in [6, 6.07) is 13.7. The second-order valence-corrected chi connectivity index (χ2v) is 7.22. The summed E-state index contributed by atoms with van der Waals surface area (Å²) in [5, 5.41) is 8.29. The lowest BCUT2D eigenvalue weighted by molar-refractivity contribution is 0.102. The number of aromatic nitrogens is 2. The molecule has 3 aromatic rings. The summed E-state index contributed by atoms with van der Waals surface area (Å²) in [5.41, 5.74) is 6.62. The number of carbonyl (C=O) groups excluding carboxylic acids is 1. The third kappa shape index (κ3) is 3.01. The van der Waals surface area contributed by atoms with E-state index in [2.05, 4.69) is 29.5 Å². The molecule has 1 amide bonds. The van der Waals surface area contributed by atoms with Crippen LogP contribution in [0.15, 0.2) is 42.5 Å². The Morgan fingerprint density at radius 2 is 1.88 bits per heavy atom. The fraction of sp³-hybridized carbons (Fsp3) is 0.238. The molecule has 1 aromatic heterocycles. The molecule has 0 saturated carbocycles. The first-order chi connectivity index (χ1) is 12.5. The van der Waals surface area contributed by atoms with Gasteiger partial charge in [0.2, 0.25) is 0 Å². The lowest BCUT2D eigenvalue weighted by atomic mass is 10.1. The predicted molar refractivity (Wildman–Crippen MR) is 104 cm³/mol.